The molecule has 1 aliphatic carbocycles. The largest absolute Gasteiger partial charge is 0.456 e. The number of fused-ring (bicyclic) bond motifs is 1. The zero-order valence-electron chi connectivity index (χ0n) is 12.6. The first kappa shape index (κ1) is 14.2. The summed E-state index contributed by atoms with van der Waals surface area (Å²) in [5.74, 6) is 0.999. The van der Waals surface area contributed by atoms with Crippen molar-refractivity contribution in [3.63, 3.8) is 0 Å². The Labute approximate surface area is 124 Å². The van der Waals surface area contributed by atoms with Gasteiger partial charge in [0.2, 0.25) is 5.91 Å². The van der Waals surface area contributed by atoms with E-state index in [-0.39, 0.29) is 30.4 Å². The molecule has 0 unspecified atom stereocenters. The smallest absolute Gasteiger partial charge is 0.290 e. The van der Waals surface area contributed by atoms with Gasteiger partial charge in [0, 0.05) is 12.5 Å². The van der Waals surface area contributed by atoms with Crippen LogP contribution in [0.5, 0.6) is 0 Å². The van der Waals surface area contributed by atoms with Gasteiger partial charge in [0.15, 0.2) is 5.76 Å². The van der Waals surface area contributed by atoms with E-state index < -0.39 is 0 Å². The number of rotatable bonds is 2. The Morgan fingerprint density at radius 3 is 2.90 bits per heavy atom. The molecule has 114 valence electrons. The molecule has 2 heterocycles. The van der Waals surface area contributed by atoms with E-state index >= 15 is 0 Å². The molecular weight excluding hydrogens is 268 g/mol. The third-order valence-electron chi connectivity index (χ3n) is 4.60. The van der Waals surface area contributed by atoms with Crippen LogP contribution in [0, 0.1) is 6.92 Å². The zero-order chi connectivity index (χ0) is 15.0. The lowest BCUT2D eigenvalue weighted by atomic mass is 9.87. The topological polar surface area (TPSA) is 62.6 Å². The third kappa shape index (κ3) is 2.57. The van der Waals surface area contributed by atoms with Gasteiger partial charge in [-0.1, -0.05) is 19.8 Å². The number of carbonyl (C=O) groups is 2. The fourth-order valence-corrected chi connectivity index (χ4v) is 3.52. The van der Waals surface area contributed by atoms with Gasteiger partial charge in [0.1, 0.15) is 12.3 Å². The number of nitrogens with one attached hydrogen (secondary N) is 1. The number of aryl methyl sites for hydroxylation is 2. The summed E-state index contributed by atoms with van der Waals surface area (Å²) in [6.07, 6.45) is 4.90. The van der Waals surface area contributed by atoms with E-state index in [2.05, 4.69) is 5.32 Å². The lowest BCUT2D eigenvalue weighted by Gasteiger charge is -2.43. The van der Waals surface area contributed by atoms with Gasteiger partial charge in [0.05, 0.1) is 6.04 Å². The van der Waals surface area contributed by atoms with Crippen LogP contribution in [0.1, 0.15) is 54.5 Å². The van der Waals surface area contributed by atoms with E-state index in [1.807, 2.05) is 13.8 Å². The molecule has 2 atom stereocenters. The normalized spacial score (nSPS) is 25.4. The summed E-state index contributed by atoms with van der Waals surface area (Å²) in [5.41, 5.74) is 1.00. The van der Waals surface area contributed by atoms with Gasteiger partial charge in [0.25, 0.3) is 5.91 Å². The highest BCUT2D eigenvalue weighted by Crippen LogP contribution is 2.28. The predicted octanol–water partition coefficient (Wildman–Crippen LogP) is 2.03. The maximum absolute atomic E-state index is 12.7. The van der Waals surface area contributed by atoms with Crippen LogP contribution >= 0.6 is 0 Å². The fraction of sp³-hybridized carbons (Fsp3) is 0.625. The van der Waals surface area contributed by atoms with Crippen LogP contribution in [0.3, 0.4) is 0 Å². The van der Waals surface area contributed by atoms with E-state index in [9.17, 15) is 9.59 Å². The molecule has 1 aliphatic heterocycles. The SMILES string of the molecule is CCc1oc(C(=O)N2CC(=O)N[C@@H]3CCCC[C@@H]32)cc1C. The van der Waals surface area contributed by atoms with Gasteiger partial charge in [-0.3, -0.25) is 9.59 Å². The van der Waals surface area contributed by atoms with Crippen molar-refractivity contribution in [3.8, 4) is 0 Å². The second-order valence-electron chi connectivity index (χ2n) is 6.03. The summed E-state index contributed by atoms with van der Waals surface area (Å²) in [5, 5.41) is 3.02. The Morgan fingerprint density at radius 2 is 2.19 bits per heavy atom. The van der Waals surface area contributed by atoms with Crippen molar-refractivity contribution >= 4 is 11.8 Å². The summed E-state index contributed by atoms with van der Waals surface area (Å²) < 4.78 is 5.67. The van der Waals surface area contributed by atoms with Crippen LogP contribution in [0.15, 0.2) is 10.5 Å². The predicted molar refractivity (Wildman–Crippen MR) is 78.0 cm³/mol. The number of furan rings is 1. The van der Waals surface area contributed by atoms with Crippen LogP contribution in [0.4, 0.5) is 0 Å². The van der Waals surface area contributed by atoms with Crippen LogP contribution in [0.2, 0.25) is 0 Å². The molecule has 0 bridgehead atoms. The molecule has 1 N–H and O–H groups in total. The minimum atomic E-state index is -0.149. The molecule has 3 rings (SSSR count). The molecule has 5 heteroatoms. The monoisotopic (exact) mass is 290 g/mol. The summed E-state index contributed by atoms with van der Waals surface area (Å²) in [6, 6.07) is 2.01. The van der Waals surface area contributed by atoms with E-state index in [1.165, 1.54) is 0 Å². The molecular formula is C16H22N2O3. The molecule has 1 aromatic rings. The van der Waals surface area contributed by atoms with Gasteiger partial charge in [-0.25, -0.2) is 0 Å². The first-order valence-electron chi connectivity index (χ1n) is 7.79. The van der Waals surface area contributed by atoms with Crippen molar-refractivity contribution in [1.29, 1.82) is 0 Å². The average Bonchev–Trinajstić information content (AvgIpc) is 2.86. The molecule has 0 radical (unpaired) electrons. The molecule has 0 spiro atoms. The average molecular weight is 290 g/mol. The van der Waals surface area contributed by atoms with Gasteiger partial charge >= 0.3 is 0 Å². The van der Waals surface area contributed by atoms with Gasteiger partial charge in [-0.2, -0.15) is 0 Å². The quantitative estimate of drug-likeness (QED) is 0.906. The molecule has 2 fully saturated rings. The molecule has 5 nitrogen and oxygen atoms in total. The van der Waals surface area contributed by atoms with Crippen molar-refractivity contribution in [2.45, 2.75) is 58.0 Å². The number of carbonyl (C=O) groups excluding carboxylic acids is 2. The first-order valence-corrected chi connectivity index (χ1v) is 7.79. The number of hydrogen-bond donors (Lipinski definition) is 1. The first-order chi connectivity index (χ1) is 10.1. The zero-order valence-corrected chi connectivity index (χ0v) is 12.6. The number of nitrogens with zero attached hydrogens (tertiary/aromatic N) is 1. The second kappa shape index (κ2) is 5.54. The van der Waals surface area contributed by atoms with Crippen molar-refractivity contribution in [2.24, 2.45) is 0 Å². The fourth-order valence-electron chi connectivity index (χ4n) is 3.52. The molecule has 2 amide bonds. The number of amides is 2. The van der Waals surface area contributed by atoms with Crippen LogP contribution in [-0.2, 0) is 11.2 Å². The van der Waals surface area contributed by atoms with E-state index in [4.69, 9.17) is 4.42 Å². The Morgan fingerprint density at radius 1 is 1.43 bits per heavy atom. The van der Waals surface area contributed by atoms with Gasteiger partial charge in [-0.15, -0.1) is 0 Å². The molecule has 1 saturated heterocycles. The van der Waals surface area contributed by atoms with Crippen LogP contribution in [-0.4, -0.2) is 35.3 Å². The van der Waals surface area contributed by atoms with Gasteiger partial charge < -0.3 is 14.6 Å². The standard InChI is InChI=1S/C16H22N2O3/c1-3-13-10(2)8-14(21-13)16(20)18-9-15(19)17-11-6-4-5-7-12(11)18/h8,11-12H,3-7,9H2,1-2H3,(H,17,19)/t11-,12+/m1/s1. The molecule has 21 heavy (non-hydrogen) atoms. The minimum Gasteiger partial charge on any atom is -0.456 e. The van der Waals surface area contributed by atoms with Crippen molar-refractivity contribution < 1.29 is 14.0 Å². The highest BCUT2D eigenvalue weighted by Gasteiger charge is 2.39. The van der Waals surface area contributed by atoms with Gasteiger partial charge in [-0.05, 0) is 31.4 Å². The van der Waals surface area contributed by atoms with E-state index in [0.717, 1.165) is 43.4 Å². The van der Waals surface area contributed by atoms with Crippen LogP contribution < -0.4 is 5.32 Å². The van der Waals surface area contributed by atoms with E-state index in [0.29, 0.717) is 5.76 Å². The Kier molecular flexibility index (Phi) is 3.74. The molecule has 1 aromatic heterocycles. The lowest BCUT2D eigenvalue weighted by molar-refractivity contribution is -0.127. The summed E-state index contributed by atoms with van der Waals surface area (Å²) in [7, 11) is 0. The van der Waals surface area contributed by atoms with Crippen molar-refractivity contribution in [2.75, 3.05) is 6.54 Å². The van der Waals surface area contributed by atoms with E-state index in [1.54, 1.807) is 11.0 Å². The highest BCUT2D eigenvalue weighted by atomic mass is 16.4. The maximum atomic E-state index is 12.7. The lowest BCUT2D eigenvalue weighted by Crippen LogP contribution is -2.62. The number of hydrogen-bond acceptors (Lipinski definition) is 3. The maximum Gasteiger partial charge on any atom is 0.290 e. The number of piperazine rings is 1. The molecule has 2 aliphatic rings. The highest BCUT2D eigenvalue weighted by molar-refractivity contribution is 5.95. The Hall–Kier alpha value is -1.78. The molecule has 1 saturated carbocycles. The van der Waals surface area contributed by atoms with Crippen molar-refractivity contribution in [3.05, 3.63) is 23.2 Å². The third-order valence-corrected chi connectivity index (χ3v) is 4.60. The minimum absolute atomic E-state index is 0.0644. The molecule has 0 aromatic carbocycles. The summed E-state index contributed by atoms with van der Waals surface area (Å²) in [6.45, 7) is 4.10. The second-order valence-corrected chi connectivity index (χ2v) is 6.03. The Bertz CT molecular complexity index is 564. The Balaban J connectivity index is 1.85. The van der Waals surface area contributed by atoms with Crippen LogP contribution in [0.25, 0.3) is 0 Å². The van der Waals surface area contributed by atoms with Crippen molar-refractivity contribution in [1.82, 2.24) is 10.2 Å². The summed E-state index contributed by atoms with van der Waals surface area (Å²) in [4.78, 5) is 26.3. The summed E-state index contributed by atoms with van der Waals surface area (Å²) >= 11 is 0.